The molecule has 1 rings (SSSR count). The maximum atomic E-state index is 11.1. The lowest BCUT2D eigenvalue weighted by atomic mass is 10.1. The molecule has 1 aromatic rings. The van der Waals surface area contributed by atoms with Crippen molar-refractivity contribution in [2.24, 2.45) is 0 Å². The van der Waals surface area contributed by atoms with Crippen LogP contribution in [0.3, 0.4) is 0 Å². The standard InChI is InChI=1S/C11H13ClO2S/c1-7(6-13)15-11-4-3-9(8(2)14)5-10(11)12/h3-5,7,13H,6H2,1-2H3. The zero-order chi connectivity index (χ0) is 11.4. The van der Waals surface area contributed by atoms with Crippen LogP contribution in [0.2, 0.25) is 5.02 Å². The summed E-state index contributed by atoms with van der Waals surface area (Å²) < 4.78 is 0. The summed E-state index contributed by atoms with van der Waals surface area (Å²) >= 11 is 7.52. The molecule has 0 spiro atoms. The molecule has 2 nitrogen and oxygen atoms in total. The Morgan fingerprint density at radius 3 is 2.73 bits per heavy atom. The molecule has 1 unspecified atom stereocenters. The zero-order valence-electron chi connectivity index (χ0n) is 8.66. The second-order valence-electron chi connectivity index (χ2n) is 3.31. The fraction of sp³-hybridized carbons (Fsp3) is 0.364. The summed E-state index contributed by atoms with van der Waals surface area (Å²) in [4.78, 5) is 12.0. The third-order valence-electron chi connectivity index (χ3n) is 1.92. The van der Waals surface area contributed by atoms with Crippen molar-refractivity contribution in [3.05, 3.63) is 28.8 Å². The Morgan fingerprint density at radius 1 is 1.60 bits per heavy atom. The first-order valence-electron chi connectivity index (χ1n) is 4.62. The van der Waals surface area contributed by atoms with E-state index in [0.29, 0.717) is 10.6 Å². The predicted molar refractivity (Wildman–Crippen MR) is 63.9 cm³/mol. The van der Waals surface area contributed by atoms with Gasteiger partial charge in [0.1, 0.15) is 0 Å². The molecule has 0 aliphatic heterocycles. The SMILES string of the molecule is CC(=O)c1ccc(SC(C)CO)c(Cl)c1. The van der Waals surface area contributed by atoms with Crippen LogP contribution in [0.4, 0.5) is 0 Å². The van der Waals surface area contributed by atoms with E-state index in [4.69, 9.17) is 16.7 Å². The highest BCUT2D eigenvalue weighted by Gasteiger charge is 2.08. The average Bonchev–Trinajstić information content (AvgIpc) is 2.20. The summed E-state index contributed by atoms with van der Waals surface area (Å²) in [5.41, 5.74) is 0.612. The van der Waals surface area contributed by atoms with E-state index < -0.39 is 0 Å². The van der Waals surface area contributed by atoms with Crippen molar-refractivity contribution in [1.82, 2.24) is 0 Å². The molecule has 1 atom stereocenters. The minimum Gasteiger partial charge on any atom is -0.395 e. The molecule has 1 aromatic carbocycles. The van der Waals surface area contributed by atoms with Crippen LogP contribution in [0, 0.1) is 0 Å². The van der Waals surface area contributed by atoms with E-state index in [1.807, 2.05) is 13.0 Å². The van der Waals surface area contributed by atoms with Gasteiger partial charge in [-0.2, -0.15) is 0 Å². The molecule has 0 saturated carbocycles. The summed E-state index contributed by atoms with van der Waals surface area (Å²) in [6.07, 6.45) is 0. The molecule has 0 bridgehead atoms. The fourth-order valence-electron chi connectivity index (χ4n) is 1.07. The Labute approximate surface area is 98.6 Å². The molecule has 0 fully saturated rings. The van der Waals surface area contributed by atoms with E-state index >= 15 is 0 Å². The number of rotatable bonds is 4. The molecule has 0 heterocycles. The third-order valence-corrected chi connectivity index (χ3v) is 3.51. The highest BCUT2D eigenvalue weighted by molar-refractivity contribution is 8.00. The number of carbonyl (C=O) groups is 1. The Hall–Kier alpha value is -0.510. The number of aliphatic hydroxyl groups is 1. The van der Waals surface area contributed by atoms with Crippen LogP contribution in [-0.2, 0) is 0 Å². The van der Waals surface area contributed by atoms with Crippen molar-refractivity contribution in [3.8, 4) is 0 Å². The minimum atomic E-state index is 0.00339. The van der Waals surface area contributed by atoms with Gasteiger partial charge in [-0.15, -0.1) is 11.8 Å². The van der Waals surface area contributed by atoms with Gasteiger partial charge >= 0.3 is 0 Å². The van der Waals surface area contributed by atoms with Crippen LogP contribution >= 0.6 is 23.4 Å². The fourth-order valence-corrected chi connectivity index (χ4v) is 2.21. The third kappa shape index (κ3) is 3.52. The van der Waals surface area contributed by atoms with Crippen LogP contribution in [0.5, 0.6) is 0 Å². The topological polar surface area (TPSA) is 37.3 Å². The highest BCUT2D eigenvalue weighted by atomic mass is 35.5. The Kier molecular flexibility index (Phi) is 4.64. The molecule has 0 radical (unpaired) electrons. The van der Waals surface area contributed by atoms with Crippen molar-refractivity contribution in [2.75, 3.05) is 6.61 Å². The summed E-state index contributed by atoms with van der Waals surface area (Å²) in [6.45, 7) is 3.53. The van der Waals surface area contributed by atoms with Crippen molar-refractivity contribution in [3.63, 3.8) is 0 Å². The van der Waals surface area contributed by atoms with Crippen LogP contribution < -0.4 is 0 Å². The van der Waals surface area contributed by atoms with Gasteiger partial charge in [0.25, 0.3) is 0 Å². The van der Waals surface area contributed by atoms with E-state index in [0.717, 1.165) is 4.90 Å². The number of hydrogen-bond donors (Lipinski definition) is 1. The first-order chi connectivity index (χ1) is 7.04. The molecule has 0 amide bonds. The second-order valence-corrected chi connectivity index (χ2v) is 5.20. The van der Waals surface area contributed by atoms with Gasteiger partial charge in [-0.3, -0.25) is 4.79 Å². The normalized spacial score (nSPS) is 12.5. The van der Waals surface area contributed by atoms with Crippen LogP contribution in [0.15, 0.2) is 23.1 Å². The Bertz CT molecular complexity index is 366. The summed E-state index contributed by atoms with van der Waals surface area (Å²) in [7, 11) is 0. The van der Waals surface area contributed by atoms with Crippen LogP contribution in [-0.4, -0.2) is 22.7 Å². The van der Waals surface area contributed by atoms with E-state index in [1.165, 1.54) is 18.7 Å². The Morgan fingerprint density at radius 2 is 2.27 bits per heavy atom. The number of aliphatic hydroxyl groups excluding tert-OH is 1. The summed E-state index contributed by atoms with van der Waals surface area (Å²) in [6, 6.07) is 5.23. The van der Waals surface area contributed by atoms with Gasteiger partial charge in [-0.05, 0) is 19.1 Å². The first-order valence-corrected chi connectivity index (χ1v) is 5.88. The average molecular weight is 245 g/mol. The number of hydrogen-bond acceptors (Lipinski definition) is 3. The molecule has 0 aliphatic rings. The number of Topliss-reactive ketones (excluding diaryl/α,β-unsaturated/α-hetero) is 1. The first kappa shape index (κ1) is 12.6. The predicted octanol–water partition coefficient (Wildman–Crippen LogP) is 3.02. The highest BCUT2D eigenvalue weighted by Crippen LogP contribution is 2.30. The lowest BCUT2D eigenvalue weighted by Gasteiger charge is -2.09. The van der Waals surface area contributed by atoms with Crippen molar-refractivity contribution < 1.29 is 9.90 Å². The molecular formula is C11H13ClO2S. The second kappa shape index (κ2) is 5.54. The maximum Gasteiger partial charge on any atom is 0.159 e. The number of halogens is 1. The van der Waals surface area contributed by atoms with Gasteiger partial charge in [0.2, 0.25) is 0 Å². The largest absolute Gasteiger partial charge is 0.395 e. The number of thioether (sulfide) groups is 1. The lowest BCUT2D eigenvalue weighted by molar-refractivity contribution is 0.101. The molecule has 0 aromatic heterocycles. The monoisotopic (exact) mass is 244 g/mol. The molecule has 15 heavy (non-hydrogen) atoms. The minimum absolute atomic E-state index is 0.00339. The lowest BCUT2D eigenvalue weighted by Crippen LogP contribution is -2.02. The van der Waals surface area contributed by atoms with Crippen LogP contribution in [0.1, 0.15) is 24.2 Å². The van der Waals surface area contributed by atoms with Gasteiger partial charge < -0.3 is 5.11 Å². The van der Waals surface area contributed by atoms with Gasteiger partial charge in [0, 0.05) is 15.7 Å². The van der Waals surface area contributed by atoms with Gasteiger partial charge in [0.15, 0.2) is 5.78 Å². The van der Waals surface area contributed by atoms with E-state index in [2.05, 4.69) is 0 Å². The van der Waals surface area contributed by atoms with Gasteiger partial charge in [0.05, 0.1) is 11.6 Å². The molecule has 0 saturated heterocycles. The summed E-state index contributed by atoms with van der Waals surface area (Å²) in [5.74, 6) is 0.00339. The van der Waals surface area contributed by atoms with Gasteiger partial charge in [-0.1, -0.05) is 24.6 Å². The number of carbonyl (C=O) groups excluding carboxylic acids is 1. The van der Waals surface area contributed by atoms with Crippen molar-refractivity contribution in [2.45, 2.75) is 24.0 Å². The number of ketones is 1. The van der Waals surface area contributed by atoms with E-state index in [-0.39, 0.29) is 17.6 Å². The molecule has 0 aliphatic carbocycles. The smallest absolute Gasteiger partial charge is 0.159 e. The maximum absolute atomic E-state index is 11.1. The zero-order valence-corrected chi connectivity index (χ0v) is 10.2. The number of benzene rings is 1. The Balaban J connectivity index is 2.88. The van der Waals surface area contributed by atoms with E-state index in [9.17, 15) is 4.79 Å². The molecule has 1 N–H and O–H groups in total. The molecule has 4 heteroatoms. The summed E-state index contributed by atoms with van der Waals surface area (Å²) in [5, 5.41) is 9.58. The molecular weight excluding hydrogens is 232 g/mol. The van der Waals surface area contributed by atoms with Gasteiger partial charge in [-0.25, -0.2) is 0 Å². The van der Waals surface area contributed by atoms with E-state index in [1.54, 1.807) is 12.1 Å². The molecule has 82 valence electrons. The van der Waals surface area contributed by atoms with Crippen molar-refractivity contribution in [1.29, 1.82) is 0 Å². The van der Waals surface area contributed by atoms with Crippen LogP contribution in [0.25, 0.3) is 0 Å². The van der Waals surface area contributed by atoms with Crippen molar-refractivity contribution >= 4 is 29.1 Å². The quantitative estimate of drug-likeness (QED) is 0.654.